The fourth-order valence-electron chi connectivity index (χ4n) is 2.09. The van der Waals surface area contributed by atoms with Gasteiger partial charge in [-0.05, 0) is 18.1 Å². The van der Waals surface area contributed by atoms with E-state index in [0.29, 0.717) is 28.7 Å². The number of carbonyl (C=O) groups is 2. The van der Waals surface area contributed by atoms with Crippen molar-refractivity contribution in [2.24, 2.45) is 0 Å². The summed E-state index contributed by atoms with van der Waals surface area (Å²) in [5.74, 6) is -1.42. The van der Waals surface area contributed by atoms with Crippen LogP contribution >= 0.6 is 15.9 Å². The third-order valence-electron chi connectivity index (χ3n) is 3.05. The first kappa shape index (κ1) is 15.2. The minimum absolute atomic E-state index is 0.0249. The number of anilines is 1. The number of benzene rings is 1. The van der Waals surface area contributed by atoms with E-state index in [4.69, 9.17) is 0 Å². The van der Waals surface area contributed by atoms with Crippen LogP contribution in [0, 0.1) is 10.1 Å². The third kappa shape index (κ3) is 3.27. The Hall–Kier alpha value is -2.22. The molecule has 8 heteroatoms. The lowest BCUT2D eigenvalue weighted by Gasteiger charge is -2.16. The molecule has 1 aromatic carbocycles. The maximum Gasteiger partial charge on any atom is 0.316 e. The molecule has 1 aliphatic heterocycles. The van der Waals surface area contributed by atoms with Gasteiger partial charge in [0.2, 0.25) is 0 Å². The zero-order valence-electron chi connectivity index (χ0n) is 11.0. The van der Waals surface area contributed by atoms with Crippen LogP contribution in [0.4, 0.5) is 11.4 Å². The molecule has 0 radical (unpaired) electrons. The molecular weight excluding hydrogens is 342 g/mol. The van der Waals surface area contributed by atoms with Crippen molar-refractivity contribution in [2.45, 2.75) is 6.42 Å². The molecule has 2 rings (SSSR count). The number of nitrogens with one attached hydrogen (secondary N) is 1. The van der Waals surface area contributed by atoms with Crippen molar-refractivity contribution in [1.82, 2.24) is 5.32 Å². The van der Waals surface area contributed by atoms with Gasteiger partial charge in [-0.15, -0.1) is 0 Å². The molecule has 1 aromatic rings. The number of nitro groups is 1. The summed E-state index contributed by atoms with van der Waals surface area (Å²) < 4.78 is 0.557. The molecular formula is C13H12BrN3O4. The van der Waals surface area contributed by atoms with Crippen LogP contribution < -0.4 is 10.2 Å². The fraction of sp³-hybridized carbons (Fsp3) is 0.231. The molecule has 0 spiro atoms. The van der Waals surface area contributed by atoms with Gasteiger partial charge in [-0.25, -0.2) is 0 Å². The van der Waals surface area contributed by atoms with Crippen molar-refractivity contribution in [3.05, 3.63) is 44.9 Å². The maximum atomic E-state index is 12.1. The van der Waals surface area contributed by atoms with Gasteiger partial charge >= 0.3 is 11.8 Å². The summed E-state index contributed by atoms with van der Waals surface area (Å²) in [7, 11) is 0. The Morgan fingerprint density at radius 3 is 2.81 bits per heavy atom. The lowest BCUT2D eigenvalue weighted by atomic mass is 10.1. The van der Waals surface area contributed by atoms with Crippen molar-refractivity contribution in [3.8, 4) is 0 Å². The van der Waals surface area contributed by atoms with Crippen molar-refractivity contribution < 1.29 is 14.5 Å². The molecule has 0 aliphatic carbocycles. The molecule has 0 unspecified atom stereocenters. The average molecular weight is 354 g/mol. The van der Waals surface area contributed by atoms with Crippen molar-refractivity contribution >= 4 is 39.1 Å². The number of rotatable bonds is 3. The Balaban J connectivity index is 2.15. The number of hydrogen-bond acceptors (Lipinski definition) is 4. The summed E-state index contributed by atoms with van der Waals surface area (Å²) >= 11 is 3.08. The molecule has 0 bridgehead atoms. The highest BCUT2D eigenvalue weighted by molar-refractivity contribution is 9.11. The summed E-state index contributed by atoms with van der Waals surface area (Å²) in [5, 5.41) is 13.2. The number of nitrogens with zero attached hydrogens (tertiary/aromatic N) is 2. The smallest absolute Gasteiger partial charge is 0.316 e. The molecule has 0 aromatic heterocycles. The topological polar surface area (TPSA) is 92.6 Å². The second kappa shape index (κ2) is 6.04. The Kier molecular flexibility index (Phi) is 4.37. The third-order valence-corrected chi connectivity index (χ3v) is 3.33. The molecule has 0 fully saturated rings. The standard InChI is InChI=1S/C13H12BrN3O4/c1-8(14)7-15-12(18)13(19)16-5-4-9-6-10(17(20)21)2-3-11(9)16/h2-3,6H,1,4-5,7H2,(H,15,18). The van der Waals surface area contributed by atoms with E-state index in [9.17, 15) is 19.7 Å². The van der Waals surface area contributed by atoms with Crippen LogP contribution in [0.3, 0.4) is 0 Å². The normalized spacial score (nSPS) is 12.7. The fourth-order valence-corrected chi connectivity index (χ4v) is 2.23. The lowest BCUT2D eigenvalue weighted by molar-refractivity contribution is -0.384. The number of fused-ring (bicyclic) bond motifs is 1. The second-order valence-electron chi connectivity index (χ2n) is 4.48. The van der Waals surface area contributed by atoms with Crippen LogP contribution in [-0.4, -0.2) is 29.8 Å². The van der Waals surface area contributed by atoms with Gasteiger partial charge in [-0.1, -0.05) is 22.5 Å². The highest BCUT2D eigenvalue weighted by atomic mass is 79.9. The van der Waals surface area contributed by atoms with E-state index in [1.807, 2.05) is 0 Å². The summed E-state index contributed by atoms with van der Waals surface area (Å²) in [6.45, 7) is 4.05. The Morgan fingerprint density at radius 2 is 2.19 bits per heavy atom. The number of halogens is 1. The van der Waals surface area contributed by atoms with Crippen molar-refractivity contribution in [3.63, 3.8) is 0 Å². The SMILES string of the molecule is C=C(Br)CNC(=O)C(=O)N1CCc2cc([N+](=O)[O-])ccc21. The summed E-state index contributed by atoms with van der Waals surface area (Å²) in [4.78, 5) is 35.4. The van der Waals surface area contributed by atoms with Gasteiger partial charge in [0.05, 0.1) is 4.92 Å². The average Bonchev–Trinajstić information content (AvgIpc) is 2.86. The number of carbonyl (C=O) groups excluding carboxylic acids is 2. The van der Waals surface area contributed by atoms with Crippen LogP contribution in [0.2, 0.25) is 0 Å². The minimum atomic E-state index is -0.734. The van der Waals surface area contributed by atoms with Crippen LogP contribution in [0.25, 0.3) is 0 Å². The first-order valence-electron chi connectivity index (χ1n) is 6.10. The van der Waals surface area contributed by atoms with Crippen molar-refractivity contribution in [2.75, 3.05) is 18.0 Å². The van der Waals surface area contributed by atoms with Gasteiger partial charge in [0.15, 0.2) is 0 Å². The molecule has 0 saturated heterocycles. The molecule has 0 atom stereocenters. The Morgan fingerprint density at radius 1 is 1.48 bits per heavy atom. The van der Waals surface area contributed by atoms with Gasteiger partial charge in [0.1, 0.15) is 0 Å². The van der Waals surface area contributed by atoms with Crippen LogP contribution in [-0.2, 0) is 16.0 Å². The Labute approximate surface area is 128 Å². The van der Waals surface area contributed by atoms with E-state index in [0.717, 1.165) is 0 Å². The maximum absolute atomic E-state index is 12.1. The molecule has 21 heavy (non-hydrogen) atoms. The minimum Gasteiger partial charge on any atom is -0.343 e. The van der Waals surface area contributed by atoms with Crippen LogP contribution in [0.15, 0.2) is 29.3 Å². The highest BCUT2D eigenvalue weighted by Gasteiger charge is 2.30. The predicted octanol–water partition coefficient (Wildman–Crippen LogP) is 1.51. The first-order chi connectivity index (χ1) is 9.90. The second-order valence-corrected chi connectivity index (χ2v) is 5.60. The lowest BCUT2D eigenvalue weighted by Crippen LogP contribution is -2.42. The first-order valence-corrected chi connectivity index (χ1v) is 6.89. The summed E-state index contributed by atoms with van der Waals surface area (Å²) in [6, 6.07) is 4.25. The predicted molar refractivity (Wildman–Crippen MR) is 80.2 cm³/mol. The van der Waals surface area contributed by atoms with Crippen LogP contribution in [0.1, 0.15) is 5.56 Å². The van der Waals surface area contributed by atoms with Crippen molar-refractivity contribution in [1.29, 1.82) is 0 Å². The van der Waals surface area contributed by atoms with Gasteiger partial charge in [0, 0.05) is 35.4 Å². The molecule has 1 N–H and O–H groups in total. The molecule has 2 amide bonds. The largest absolute Gasteiger partial charge is 0.343 e. The highest BCUT2D eigenvalue weighted by Crippen LogP contribution is 2.31. The van der Waals surface area contributed by atoms with E-state index >= 15 is 0 Å². The molecule has 110 valence electrons. The summed E-state index contributed by atoms with van der Waals surface area (Å²) in [5.41, 5.74) is 1.21. The zero-order valence-corrected chi connectivity index (χ0v) is 12.6. The summed E-state index contributed by atoms with van der Waals surface area (Å²) in [6.07, 6.45) is 0.487. The quantitative estimate of drug-likeness (QED) is 0.506. The molecule has 0 saturated carbocycles. The zero-order chi connectivity index (χ0) is 15.6. The van der Waals surface area contributed by atoms with E-state index in [2.05, 4.69) is 27.8 Å². The molecule has 1 heterocycles. The number of non-ortho nitro benzene ring substituents is 1. The molecule has 1 aliphatic rings. The number of amides is 2. The monoisotopic (exact) mass is 353 g/mol. The van der Waals surface area contributed by atoms with Crippen LogP contribution in [0.5, 0.6) is 0 Å². The number of nitro benzene ring substituents is 1. The Bertz CT molecular complexity index is 644. The van der Waals surface area contributed by atoms with Gasteiger partial charge < -0.3 is 10.2 Å². The van der Waals surface area contributed by atoms with Gasteiger partial charge in [-0.2, -0.15) is 0 Å². The molecule has 7 nitrogen and oxygen atoms in total. The van der Waals surface area contributed by atoms with Gasteiger partial charge in [-0.3, -0.25) is 19.7 Å². The van der Waals surface area contributed by atoms with E-state index in [1.54, 1.807) is 0 Å². The van der Waals surface area contributed by atoms with E-state index in [-0.39, 0.29) is 12.2 Å². The number of hydrogen-bond donors (Lipinski definition) is 1. The van der Waals surface area contributed by atoms with E-state index < -0.39 is 16.7 Å². The van der Waals surface area contributed by atoms with E-state index in [1.165, 1.54) is 23.1 Å². The van der Waals surface area contributed by atoms with Gasteiger partial charge in [0.25, 0.3) is 5.69 Å².